The number of rotatable bonds is 4. The third-order valence-corrected chi connectivity index (χ3v) is 4.74. The third kappa shape index (κ3) is 4.68. The number of alkyl halides is 3. The van der Waals surface area contributed by atoms with Crippen molar-refractivity contribution in [2.45, 2.75) is 19.6 Å². The summed E-state index contributed by atoms with van der Waals surface area (Å²) in [5.74, 6) is -0.838. The van der Waals surface area contributed by atoms with Crippen LogP contribution >= 0.6 is 11.6 Å². The minimum absolute atomic E-state index is 0.0671. The van der Waals surface area contributed by atoms with Crippen LogP contribution in [0.5, 0.6) is 0 Å². The molecule has 0 atom stereocenters. The van der Waals surface area contributed by atoms with E-state index in [4.69, 9.17) is 11.6 Å². The van der Waals surface area contributed by atoms with Gasteiger partial charge in [0.1, 0.15) is 5.56 Å². The molecule has 0 radical (unpaired) electrons. The Labute approximate surface area is 169 Å². The summed E-state index contributed by atoms with van der Waals surface area (Å²) in [7, 11) is 0. The number of aryl methyl sites for hydroxylation is 1. The Morgan fingerprint density at radius 3 is 2.52 bits per heavy atom. The number of pyridine rings is 1. The first-order chi connectivity index (χ1) is 13.7. The van der Waals surface area contributed by atoms with E-state index in [2.05, 4.69) is 5.32 Å². The number of carbonyl (C=O) groups is 1. The molecule has 0 aliphatic heterocycles. The summed E-state index contributed by atoms with van der Waals surface area (Å²) in [6.45, 7) is 2.17. The van der Waals surface area contributed by atoms with E-state index in [0.29, 0.717) is 0 Å². The van der Waals surface area contributed by atoms with Crippen molar-refractivity contribution in [1.82, 2.24) is 4.57 Å². The predicted molar refractivity (Wildman–Crippen MR) is 105 cm³/mol. The number of benzene rings is 2. The van der Waals surface area contributed by atoms with Crippen molar-refractivity contribution in [1.29, 1.82) is 0 Å². The fraction of sp³-hybridized carbons (Fsp3) is 0.143. The van der Waals surface area contributed by atoms with Crippen LogP contribution in [0.25, 0.3) is 0 Å². The van der Waals surface area contributed by atoms with Crippen LogP contribution in [0.4, 0.5) is 18.9 Å². The molecule has 0 unspecified atom stereocenters. The topological polar surface area (TPSA) is 51.1 Å². The number of halogens is 4. The van der Waals surface area contributed by atoms with E-state index in [1.54, 1.807) is 6.20 Å². The highest BCUT2D eigenvalue weighted by molar-refractivity contribution is 6.34. The normalized spacial score (nSPS) is 11.3. The molecule has 8 heteroatoms. The van der Waals surface area contributed by atoms with Gasteiger partial charge in [-0.25, -0.2) is 0 Å². The van der Waals surface area contributed by atoms with Gasteiger partial charge in [0.05, 0.1) is 22.8 Å². The minimum Gasteiger partial charge on any atom is -0.320 e. The van der Waals surface area contributed by atoms with E-state index in [-0.39, 0.29) is 22.8 Å². The molecule has 0 aliphatic carbocycles. The number of hydrogen-bond acceptors (Lipinski definition) is 2. The molecule has 0 fully saturated rings. The fourth-order valence-electron chi connectivity index (χ4n) is 2.79. The maximum atomic E-state index is 12.9. The second-order valence-electron chi connectivity index (χ2n) is 6.43. The molecule has 29 heavy (non-hydrogen) atoms. The Kier molecular flexibility index (Phi) is 5.79. The van der Waals surface area contributed by atoms with Gasteiger partial charge in [-0.2, -0.15) is 13.2 Å². The van der Waals surface area contributed by atoms with Crippen LogP contribution in [0, 0.1) is 6.92 Å². The van der Waals surface area contributed by atoms with Crippen LogP contribution in [0.15, 0.2) is 65.6 Å². The van der Waals surface area contributed by atoms with Gasteiger partial charge in [-0.15, -0.1) is 0 Å². The third-order valence-electron chi connectivity index (χ3n) is 4.41. The van der Waals surface area contributed by atoms with Gasteiger partial charge >= 0.3 is 6.18 Å². The van der Waals surface area contributed by atoms with E-state index in [0.717, 1.165) is 29.3 Å². The van der Waals surface area contributed by atoms with Crippen LogP contribution in [-0.2, 0) is 12.7 Å². The molecule has 0 aliphatic rings. The second kappa shape index (κ2) is 8.13. The summed E-state index contributed by atoms with van der Waals surface area (Å²) in [6, 6.07) is 12.9. The first-order valence-electron chi connectivity index (χ1n) is 8.59. The Morgan fingerprint density at radius 2 is 1.83 bits per heavy atom. The summed E-state index contributed by atoms with van der Waals surface area (Å²) in [4.78, 5) is 25.3. The summed E-state index contributed by atoms with van der Waals surface area (Å²) >= 11 is 5.91. The molecule has 0 spiro atoms. The molecule has 1 amide bonds. The number of nitrogens with one attached hydrogen (secondary N) is 1. The van der Waals surface area contributed by atoms with Crippen molar-refractivity contribution in [3.63, 3.8) is 0 Å². The van der Waals surface area contributed by atoms with E-state index >= 15 is 0 Å². The van der Waals surface area contributed by atoms with Gasteiger partial charge < -0.3 is 9.88 Å². The SMILES string of the molecule is Cc1ccccc1Cn1cccc(C(=O)Nc2cc(C(F)(F)F)ccc2Cl)c1=O. The average Bonchev–Trinajstić information content (AvgIpc) is 2.66. The largest absolute Gasteiger partial charge is 0.416 e. The average molecular weight is 421 g/mol. The van der Waals surface area contributed by atoms with Crippen molar-refractivity contribution in [3.05, 3.63) is 98.4 Å². The van der Waals surface area contributed by atoms with E-state index in [1.807, 2.05) is 31.2 Å². The zero-order chi connectivity index (χ0) is 21.2. The maximum Gasteiger partial charge on any atom is 0.416 e. The summed E-state index contributed by atoms with van der Waals surface area (Å²) < 4.78 is 40.1. The molecule has 3 rings (SSSR count). The highest BCUT2D eigenvalue weighted by Gasteiger charge is 2.31. The number of nitrogens with zero attached hydrogens (tertiary/aromatic N) is 1. The Morgan fingerprint density at radius 1 is 1.10 bits per heavy atom. The maximum absolute atomic E-state index is 12.9. The van der Waals surface area contributed by atoms with Crippen molar-refractivity contribution in [3.8, 4) is 0 Å². The van der Waals surface area contributed by atoms with Crippen molar-refractivity contribution < 1.29 is 18.0 Å². The lowest BCUT2D eigenvalue weighted by atomic mass is 10.1. The van der Waals surface area contributed by atoms with Gasteiger partial charge in [0.2, 0.25) is 0 Å². The summed E-state index contributed by atoms with van der Waals surface area (Å²) in [5, 5.41) is 2.23. The molecule has 1 heterocycles. The summed E-state index contributed by atoms with van der Waals surface area (Å²) in [6.07, 6.45) is -3.04. The zero-order valence-electron chi connectivity index (χ0n) is 15.3. The van der Waals surface area contributed by atoms with Crippen molar-refractivity contribution >= 4 is 23.2 Å². The van der Waals surface area contributed by atoms with E-state index in [1.165, 1.54) is 16.7 Å². The van der Waals surface area contributed by atoms with Crippen molar-refractivity contribution in [2.75, 3.05) is 5.32 Å². The molecular formula is C21H16ClF3N2O2. The second-order valence-corrected chi connectivity index (χ2v) is 6.84. The highest BCUT2D eigenvalue weighted by atomic mass is 35.5. The Bertz CT molecular complexity index is 1120. The lowest BCUT2D eigenvalue weighted by Gasteiger charge is -2.13. The number of hydrogen-bond donors (Lipinski definition) is 1. The van der Waals surface area contributed by atoms with Gasteiger partial charge in [-0.1, -0.05) is 35.9 Å². The van der Waals surface area contributed by atoms with Gasteiger partial charge in [0.25, 0.3) is 11.5 Å². The molecule has 4 nitrogen and oxygen atoms in total. The number of amides is 1. The van der Waals surface area contributed by atoms with Crippen LogP contribution in [0.2, 0.25) is 5.02 Å². The fourth-order valence-corrected chi connectivity index (χ4v) is 2.96. The molecule has 2 aromatic carbocycles. The minimum atomic E-state index is -4.59. The first kappa shape index (κ1) is 20.7. The predicted octanol–water partition coefficient (Wildman–Crippen LogP) is 5.13. The molecule has 0 bridgehead atoms. The van der Waals surface area contributed by atoms with Crippen LogP contribution in [0.1, 0.15) is 27.0 Å². The standard InChI is InChI=1S/C21H16ClF3N2O2/c1-13-5-2-3-6-14(13)12-27-10-4-7-16(20(27)29)19(28)26-18-11-15(21(23,24)25)8-9-17(18)22/h2-11H,12H2,1H3,(H,26,28). The zero-order valence-corrected chi connectivity index (χ0v) is 16.0. The van der Waals surface area contributed by atoms with Crippen LogP contribution < -0.4 is 10.9 Å². The molecular weight excluding hydrogens is 405 g/mol. The van der Waals surface area contributed by atoms with Gasteiger partial charge in [0.15, 0.2) is 0 Å². The number of carbonyl (C=O) groups excluding carboxylic acids is 1. The highest BCUT2D eigenvalue weighted by Crippen LogP contribution is 2.33. The van der Waals surface area contributed by atoms with E-state index < -0.39 is 23.2 Å². The quantitative estimate of drug-likeness (QED) is 0.636. The lowest BCUT2D eigenvalue weighted by molar-refractivity contribution is -0.137. The smallest absolute Gasteiger partial charge is 0.320 e. The summed E-state index contributed by atoms with van der Waals surface area (Å²) in [5.41, 5.74) is -0.0357. The first-order valence-corrected chi connectivity index (χ1v) is 8.96. The molecule has 150 valence electrons. The number of anilines is 1. The monoisotopic (exact) mass is 420 g/mol. The molecule has 1 aromatic heterocycles. The van der Waals surface area contributed by atoms with E-state index in [9.17, 15) is 22.8 Å². The molecule has 1 N–H and O–H groups in total. The molecule has 3 aromatic rings. The van der Waals surface area contributed by atoms with Gasteiger partial charge in [-0.05, 0) is 48.4 Å². The molecule has 0 saturated carbocycles. The van der Waals surface area contributed by atoms with Gasteiger partial charge in [0, 0.05) is 6.20 Å². The van der Waals surface area contributed by atoms with Crippen LogP contribution in [0.3, 0.4) is 0 Å². The Hall–Kier alpha value is -3.06. The lowest BCUT2D eigenvalue weighted by Crippen LogP contribution is -2.29. The Balaban J connectivity index is 1.89. The molecule has 0 saturated heterocycles. The van der Waals surface area contributed by atoms with Crippen LogP contribution in [-0.4, -0.2) is 10.5 Å². The number of aromatic nitrogens is 1. The van der Waals surface area contributed by atoms with Crippen molar-refractivity contribution in [2.24, 2.45) is 0 Å². The van der Waals surface area contributed by atoms with Gasteiger partial charge in [-0.3, -0.25) is 9.59 Å².